The quantitative estimate of drug-likeness (QED) is 0.213. The molecule has 9 rings (SSSR count). The first kappa shape index (κ1) is 23.0. The van der Waals surface area contributed by atoms with Crippen LogP contribution in [0.25, 0.3) is 64.0 Å². The molecule has 3 heterocycles. The summed E-state index contributed by atoms with van der Waals surface area (Å²) in [4.78, 5) is 2.32. The Morgan fingerprint density at radius 3 is 2.00 bits per heavy atom. The molecule has 0 amide bonds. The highest BCUT2D eigenvalue weighted by atomic mass is 35.5. The standard InChI is InChI=1S/C36H20ClNO2S/c37-28-10-6-14-34-35(28)26-9-5-11-29(36(26)41-34)38(21-16-18-32-27(19-21)24-8-2-4-13-31(24)39-32)22-15-17-25-23-7-1-3-12-30(23)40-33(25)20-22/h1-20H. The van der Waals surface area contributed by atoms with Crippen LogP contribution in [0.2, 0.25) is 5.02 Å². The fraction of sp³-hybridized carbons (Fsp3) is 0. The van der Waals surface area contributed by atoms with Crippen LogP contribution in [0.15, 0.2) is 130 Å². The molecule has 6 aromatic carbocycles. The highest BCUT2D eigenvalue weighted by molar-refractivity contribution is 7.26. The average molecular weight is 566 g/mol. The lowest BCUT2D eigenvalue weighted by Gasteiger charge is -2.26. The van der Waals surface area contributed by atoms with Crippen LogP contribution in [0.4, 0.5) is 17.1 Å². The summed E-state index contributed by atoms with van der Waals surface area (Å²) in [5, 5.41) is 7.43. The number of benzene rings is 6. The first-order chi connectivity index (χ1) is 20.2. The maximum absolute atomic E-state index is 6.73. The lowest BCUT2D eigenvalue weighted by Crippen LogP contribution is -2.10. The molecule has 0 bridgehead atoms. The first-order valence-electron chi connectivity index (χ1n) is 13.5. The Balaban J connectivity index is 1.35. The van der Waals surface area contributed by atoms with Crippen molar-refractivity contribution in [3.8, 4) is 0 Å². The number of halogens is 1. The minimum atomic E-state index is 0.771. The van der Waals surface area contributed by atoms with Crippen molar-refractivity contribution in [1.82, 2.24) is 0 Å². The van der Waals surface area contributed by atoms with Crippen molar-refractivity contribution in [2.24, 2.45) is 0 Å². The van der Waals surface area contributed by atoms with Crippen molar-refractivity contribution >= 4 is 104 Å². The summed E-state index contributed by atoms with van der Waals surface area (Å²) in [6.45, 7) is 0. The second-order valence-corrected chi connectivity index (χ2v) is 11.7. The van der Waals surface area contributed by atoms with E-state index < -0.39 is 0 Å². The van der Waals surface area contributed by atoms with Gasteiger partial charge in [0.05, 0.1) is 10.4 Å². The van der Waals surface area contributed by atoms with Crippen molar-refractivity contribution < 1.29 is 8.83 Å². The highest BCUT2D eigenvalue weighted by Gasteiger charge is 2.21. The van der Waals surface area contributed by atoms with E-state index in [1.54, 1.807) is 11.3 Å². The summed E-state index contributed by atoms with van der Waals surface area (Å²) in [5.74, 6) is 0. The fourth-order valence-electron chi connectivity index (χ4n) is 6.10. The van der Waals surface area contributed by atoms with Crippen LogP contribution in [0.3, 0.4) is 0 Å². The van der Waals surface area contributed by atoms with E-state index in [2.05, 4.69) is 89.8 Å². The highest BCUT2D eigenvalue weighted by Crippen LogP contribution is 2.47. The Morgan fingerprint density at radius 1 is 0.512 bits per heavy atom. The smallest absolute Gasteiger partial charge is 0.137 e. The van der Waals surface area contributed by atoms with Gasteiger partial charge in [-0.15, -0.1) is 11.3 Å². The fourth-order valence-corrected chi connectivity index (χ4v) is 7.66. The maximum Gasteiger partial charge on any atom is 0.137 e. The molecule has 9 aromatic rings. The van der Waals surface area contributed by atoms with Gasteiger partial charge in [-0.3, -0.25) is 0 Å². The molecule has 0 saturated carbocycles. The van der Waals surface area contributed by atoms with Crippen LogP contribution >= 0.6 is 22.9 Å². The second kappa shape index (κ2) is 8.61. The van der Waals surface area contributed by atoms with Gasteiger partial charge in [0.25, 0.3) is 0 Å². The number of hydrogen-bond donors (Lipinski definition) is 0. The van der Waals surface area contributed by atoms with Gasteiger partial charge in [0.2, 0.25) is 0 Å². The zero-order chi connectivity index (χ0) is 27.1. The lowest BCUT2D eigenvalue weighted by atomic mass is 10.1. The molecule has 41 heavy (non-hydrogen) atoms. The van der Waals surface area contributed by atoms with Gasteiger partial charge in [-0.25, -0.2) is 0 Å². The van der Waals surface area contributed by atoms with E-state index in [9.17, 15) is 0 Å². The van der Waals surface area contributed by atoms with Gasteiger partial charge in [-0.05, 0) is 60.7 Å². The third kappa shape index (κ3) is 3.38. The number of anilines is 3. The van der Waals surface area contributed by atoms with E-state index >= 15 is 0 Å². The predicted molar refractivity (Wildman–Crippen MR) is 174 cm³/mol. The molecular formula is C36H20ClNO2S. The normalized spacial score (nSPS) is 12.0. The summed E-state index contributed by atoms with van der Waals surface area (Å²) >= 11 is 8.49. The number of rotatable bonds is 3. The molecule has 0 aliphatic rings. The van der Waals surface area contributed by atoms with E-state index in [-0.39, 0.29) is 0 Å². The van der Waals surface area contributed by atoms with Crippen LogP contribution in [-0.4, -0.2) is 0 Å². The average Bonchev–Trinajstić information content (AvgIpc) is 3.69. The minimum Gasteiger partial charge on any atom is -0.456 e. The lowest BCUT2D eigenvalue weighted by molar-refractivity contribution is 0.668. The van der Waals surface area contributed by atoms with Gasteiger partial charge >= 0.3 is 0 Å². The van der Waals surface area contributed by atoms with Crippen LogP contribution in [0, 0.1) is 0 Å². The molecule has 0 radical (unpaired) electrons. The zero-order valence-corrected chi connectivity index (χ0v) is 23.2. The molecule has 5 heteroatoms. The van der Waals surface area contributed by atoms with Crippen LogP contribution < -0.4 is 4.90 Å². The van der Waals surface area contributed by atoms with E-state index in [4.69, 9.17) is 20.4 Å². The summed E-state index contributed by atoms with van der Waals surface area (Å²) in [7, 11) is 0. The predicted octanol–water partition coefficient (Wildman–Crippen LogP) is 12.0. The van der Waals surface area contributed by atoms with Gasteiger partial charge in [0, 0.05) is 59.5 Å². The molecule has 3 nitrogen and oxygen atoms in total. The summed E-state index contributed by atoms with van der Waals surface area (Å²) in [6, 6.07) is 41.9. The SMILES string of the molecule is Clc1cccc2sc3c(N(c4ccc5c(c4)oc4ccccc45)c4ccc5oc6ccccc6c5c4)cccc3c12. The van der Waals surface area contributed by atoms with Gasteiger partial charge < -0.3 is 13.7 Å². The summed E-state index contributed by atoms with van der Waals surface area (Å²) in [5.41, 5.74) is 6.64. The zero-order valence-electron chi connectivity index (χ0n) is 21.6. The molecule has 194 valence electrons. The third-order valence-electron chi connectivity index (χ3n) is 7.93. The molecule has 0 aliphatic carbocycles. The number of furan rings is 2. The Kier molecular flexibility index (Phi) is 4.83. The molecule has 3 aromatic heterocycles. The summed E-state index contributed by atoms with van der Waals surface area (Å²) < 4.78 is 14.8. The van der Waals surface area contributed by atoms with Crippen molar-refractivity contribution in [1.29, 1.82) is 0 Å². The first-order valence-corrected chi connectivity index (χ1v) is 14.6. The van der Waals surface area contributed by atoms with E-state index in [1.807, 2.05) is 36.4 Å². The Hall–Kier alpha value is -4.77. The molecule has 0 atom stereocenters. The number of fused-ring (bicyclic) bond motifs is 9. The Bertz CT molecular complexity index is 2470. The van der Waals surface area contributed by atoms with Crippen LogP contribution in [0.1, 0.15) is 0 Å². The number of nitrogens with zero attached hydrogens (tertiary/aromatic N) is 1. The summed E-state index contributed by atoms with van der Waals surface area (Å²) in [6.07, 6.45) is 0. The van der Waals surface area contributed by atoms with Crippen molar-refractivity contribution in [3.05, 3.63) is 126 Å². The minimum absolute atomic E-state index is 0.771. The molecule has 0 aliphatic heterocycles. The number of hydrogen-bond acceptors (Lipinski definition) is 4. The van der Waals surface area contributed by atoms with Crippen molar-refractivity contribution in [3.63, 3.8) is 0 Å². The van der Waals surface area contributed by atoms with E-state index in [0.717, 1.165) is 76.7 Å². The van der Waals surface area contributed by atoms with Crippen molar-refractivity contribution in [2.75, 3.05) is 4.90 Å². The maximum atomic E-state index is 6.73. The number of para-hydroxylation sites is 2. The second-order valence-electron chi connectivity index (χ2n) is 10.3. The Labute approximate surface area is 243 Å². The number of thiophene rings is 1. The molecule has 0 unspecified atom stereocenters. The van der Waals surface area contributed by atoms with Crippen LogP contribution in [0.5, 0.6) is 0 Å². The molecule has 0 N–H and O–H groups in total. The Morgan fingerprint density at radius 2 is 1.15 bits per heavy atom. The van der Waals surface area contributed by atoms with Gasteiger partial charge in [0.15, 0.2) is 0 Å². The molecular weight excluding hydrogens is 546 g/mol. The largest absolute Gasteiger partial charge is 0.456 e. The van der Waals surface area contributed by atoms with Gasteiger partial charge in [-0.2, -0.15) is 0 Å². The monoisotopic (exact) mass is 565 g/mol. The third-order valence-corrected chi connectivity index (χ3v) is 9.44. The van der Waals surface area contributed by atoms with Crippen LogP contribution in [-0.2, 0) is 0 Å². The van der Waals surface area contributed by atoms with Gasteiger partial charge in [0.1, 0.15) is 22.3 Å². The van der Waals surface area contributed by atoms with Crippen molar-refractivity contribution in [2.45, 2.75) is 0 Å². The van der Waals surface area contributed by atoms with Gasteiger partial charge in [-0.1, -0.05) is 66.2 Å². The molecule has 0 spiro atoms. The topological polar surface area (TPSA) is 29.5 Å². The van der Waals surface area contributed by atoms with E-state index in [1.165, 1.54) is 9.40 Å². The molecule has 0 fully saturated rings. The molecule has 0 saturated heterocycles. The van der Waals surface area contributed by atoms with E-state index in [0.29, 0.717) is 0 Å².